The summed E-state index contributed by atoms with van der Waals surface area (Å²) in [5, 5.41) is 0. The molecule has 0 bridgehead atoms. The van der Waals surface area contributed by atoms with Gasteiger partial charge in [0.2, 0.25) is 0 Å². The highest BCUT2D eigenvalue weighted by Gasteiger charge is 1.98. The molecule has 4 nitrogen and oxygen atoms in total. The molecule has 4 N–H and O–H groups in total. The molecule has 66 valence electrons. The Hall–Kier alpha value is -1.13. The fourth-order valence-corrected chi connectivity index (χ4v) is 0.258. The van der Waals surface area contributed by atoms with Crippen LogP contribution in [0.2, 0.25) is 0 Å². The van der Waals surface area contributed by atoms with Crippen molar-refractivity contribution < 1.29 is 20.5 Å². The van der Waals surface area contributed by atoms with Crippen LogP contribution in [-0.2, 0) is 9.53 Å². The van der Waals surface area contributed by atoms with E-state index in [1.54, 1.807) is 6.92 Å². The standard InChI is InChI=1S/C7H10O2.2H2O/c1-4-5-9-7(8)6(2)3;;/h4H,1-2,5H2,3H3;2*1H2. The van der Waals surface area contributed by atoms with Crippen molar-refractivity contribution in [1.29, 1.82) is 0 Å². The first-order chi connectivity index (χ1) is 4.18. The van der Waals surface area contributed by atoms with Gasteiger partial charge in [0.05, 0.1) is 0 Å². The van der Waals surface area contributed by atoms with Crippen molar-refractivity contribution >= 4 is 5.97 Å². The van der Waals surface area contributed by atoms with Crippen molar-refractivity contribution in [2.45, 2.75) is 6.92 Å². The van der Waals surface area contributed by atoms with E-state index in [0.717, 1.165) is 0 Å². The highest BCUT2D eigenvalue weighted by molar-refractivity contribution is 5.86. The summed E-state index contributed by atoms with van der Waals surface area (Å²) in [4.78, 5) is 10.5. The Balaban J connectivity index is -0.000000320. The van der Waals surface area contributed by atoms with E-state index in [9.17, 15) is 4.79 Å². The normalized spacial score (nSPS) is 6.64. The van der Waals surface area contributed by atoms with E-state index in [2.05, 4.69) is 17.9 Å². The topological polar surface area (TPSA) is 89.3 Å². The van der Waals surface area contributed by atoms with Crippen molar-refractivity contribution in [1.82, 2.24) is 0 Å². The van der Waals surface area contributed by atoms with Crippen LogP contribution in [0.3, 0.4) is 0 Å². The number of hydrogen-bond acceptors (Lipinski definition) is 2. The van der Waals surface area contributed by atoms with Crippen LogP contribution in [-0.4, -0.2) is 23.5 Å². The van der Waals surface area contributed by atoms with Gasteiger partial charge in [0, 0.05) is 5.57 Å². The van der Waals surface area contributed by atoms with E-state index in [0.29, 0.717) is 5.57 Å². The van der Waals surface area contributed by atoms with Crippen LogP contribution in [0.4, 0.5) is 0 Å². The number of hydrogen-bond donors (Lipinski definition) is 0. The minimum absolute atomic E-state index is 0. The van der Waals surface area contributed by atoms with E-state index in [1.807, 2.05) is 0 Å². The predicted octanol–water partition coefficient (Wildman–Crippen LogP) is -0.358. The molecule has 0 aliphatic carbocycles. The average Bonchev–Trinajstić information content (AvgIpc) is 1.82. The monoisotopic (exact) mass is 162 g/mol. The van der Waals surface area contributed by atoms with Gasteiger partial charge >= 0.3 is 5.97 Å². The molecule has 0 saturated heterocycles. The molecule has 0 unspecified atom stereocenters. The zero-order valence-corrected chi connectivity index (χ0v) is 6.52. The molecule has 0 radical (unpaired) electrons. The zero-order valence-electron chi connectivity index (χ0n) is 6.52. The smallest absolute Gasteiger partial charge is 0.333 e. The van der Waals surface area contributed by atoms with Crippen LogP contribution in [0.25, 0.3) is 0 Å². The Labute approximate surface area is 65.8 Å². The second-order valence-corrected chi connectivity index (χ2v) is 1.67. The molecule has 0 saturated carbocycles. The molecule has 11 heavy (non-hydrogen) atoms. The molecule has 0 aromatic rings. The van der Waals surface area contributed by atoms with Crippen molar-refractivity contribution in [3.05, 3.63) is 24.8 Å². The molecule has 0 spiro atoms. The lowest BCUT2D eigenvalue weighted by molar-refractivity contribution is -0.137. The average molecular weight is 162 g/mol. The summed E-state index contributed by atoms with van der Waals surface area (Å²) >= 11 is 0. The Morgan fingerprint density at radius 2 is 2.00 bits per heavy atom. The van der Waals surface area contributed by atoms with Crippen molar-refractivity contribution in [2.24, 2.45) is 0 Å². The number of carbonyl (C=O) groups is 1. The molecular weight excluding hydrogens is 148 g/mol. The maximum atomic E-state index is 10.5. The first-order valence-corrected chi connectivity index (χ1v) is 2.62. The number of esters is 1. The number of rotatable bonds is 3. The van der Waals surface area contributed by atoms with Gasteiger partial charge in [-0.15, -0.1) is 0 Å². The van der Waals surface area contributed by atoms with Crippen LogP contribution in [0.1, 0.15) is 6.92 Å². The van der Waals surface area contributed by atoms with E-state index in [-0.39, 0.29) is 23.5 Å². The summed E-state index contributed by atoms with van der Waals surface area (Å²) in [6, 6.07) is 0. The summed E-state index contributed by atoms with van der Waals surface area (Å²) in [5.41, 5.74) is 0.414. The van der Waals surface area contributed by atoms with Gasteiger partial charge in [0.15, 0.2) is 0 Å². The molecule has 0 rings (SSSR count). The lowest BCUT2D eigenvalue weighted by Crippen LogP contribution is -2.03. The summed E-state index contributed by atoms with van der Waals surface area (Å²) in [7, 11) is 0. The highest BCUT2D eigenvalue weighted by atomic mass is 16.5. The molecule has 0 heterocycles. The quantitative estimate of drug-likeness (QED) is 0.322. The van der Waals surface area contributed by atoms with Gasteiger partial charge < -0.3 is 15.7 Å². The van der Waals surface area contributed by atoms with Gasteiger partial charge in [-0.1, -0.05) is 19.2 Å². The van der Waals surface area contributed by atoms with E-state index in [1.165, 1.54) is 6.08 Å². The lowest BCUT2D eigenvalue weighted by atomic mass is 10.4. The maximum Gasteiger partial charge on any atom is 0.333 e. The van der Waals surface area contributed by atoms with Crippen LogP contribution in [0, 0.1) is 0 Å². The van der Waals surface area contributed by atoms with Crippen LogP contribution < -0.4 is 0 Å². The van der Waals surface area contributed by atoms with Crippen LogP contribution >= 0.6 is 0 Å². The fraction of sp³-hybridized carbons (Fsp3) is 0.286. The second-order valence-electron chi connectivity index (χ2n) is 1.67. The molecule has 0 atom stereocenters. The Morgan fingerprint density at radius 1 is 1.55 bits per heavy atom. The first kappa shape index (κ1) is 16.5. The van der Waals surface area contributed by atoms with E-state index in [4.69, 9.17) is 0 Å². The fourth-order valence-electron chi connectivity index (χ4n) is 0.258. The van der Waals surface area contributed by atoms with Gasteiger partial charge in [0.1, 0.15) is 6.61 Å². The van der Waals surface area contributed by atoms with Crippen molar-refractivity contribution in [2.75, 3.05) is 6.61 Å². The van der Waals surface area contributed by atoms with Gasteiger partial charge in [-0.05, 0) is 6.92 Å². The molecule has 0 aliphatic rings. The SMILES string of the molecule is C=CCOC(=O)C(=C)C.O.O. The zero-order chi connectivity index (χ0) is 7.28. The summed E-state index contributed by atoms with van der Waals surface area (Å²) in [5.74, 6) is -0.366. The third kappa shape index (κ3) is 8.87. The summed E-state index contributed by atoms with van der Waals surface area (Å²) < 4.78 is 4.60. The van der Waals surface area contributed by atoms with Crippen molar-refractivity contribution in [3.8, 4) is 0 Å². The molecule has 0 fully saturated rings. The highest BCUT2D eigenvalue weighted by Crippen LogP contribution is 1.90. The maximum absolute atomic E-state index is 10.5. The molecule has 0 aliphatic heterocycles. The molecule has 0 aromatic heterocycles. The first-order valence-electron chi connectivity index (χ1n) is 2.62. The van der Waals surface area contributed by atoms with E-state index < -0.39 is 0 Å². The van der Waals surface area contributed by atoms with Gasteiger partial charge in [0.25, 0.3) is 0 Å². The number of carbonyl (C=O) groups excluding carboxylic acids is 1. The molecule has 0 amide bonds. The minimum atomic E-state index is -0.366. The van der Waals surface area contributed by atoms with Crippen molar-refractivity contribution in [3.63, 3.8) is 0 Å². The third-order valence-corrected chi connectivity index (χ3v) is 0.681. The third-order valence-electron chi connectivity index (χ3n) is 0.681. The lowest BCUT2D eigenvalue weighted by Gasteiger charge is -1.97. The van der Waals surface area contributed by atoms with Gasteiger partial charge in [-0.2, -0.15) is 0 Å². The van der Waals surface area contributed by atoms with E-state index >= 15 is 0 Å². The van der Waals surface area contributed by atoms with Gasteiger partial charge in [-0.25, -0.2) is 4.79 Å². The Kier molecular flexibility index (Phi) is 13.3. The summed E-state index contributed by atoms with van der Waals surface area (Å²) in [6.07, 6.45) is 1.51. The summed E-state index contributed by atoms with van der Waals surface area (Å²) in [6.45, 7) is 8.64. The second kappa shape index (κ2) is 8.87. The minimum Gasteiger partial charge on any atom is -0.458 e. The predicted molar refractivity (Wildman–Crippen MR) is 43.2 cm³/mol. The van der Waals surface area contributed by atoms with Gasteiger partial charge in [-0.3, -0.25) is 0 Å². The molecule has 4 heteroatoms. The number of ether oxygens (including phenoxy) is 1. The largest absolute Gasteiger partial charge is 0.458 e. The Bertz CT molecular complexity index is 139. The Morgan fingerprint density at radius 3 is 2.27 bits per heavy atom. The molecular formula is C7H14O4. The van der Waals surface area contributed by atoms with Crippen LogP contribution in [0.15, 0.2) is 24.8 Å². The molecule has 0 aromatic carbocycles. The van der Waals surface area contributed by atoms with Crippen LogP contribution in [0.5, 0.6) is 0 Å².